The molecular weight excluding hydrogens is 324 g/mol. The van der Waals surface area contributed by atoms with E-state index in [4.69, 9.17) is 5.26 Å². The first-order valence-corrected chi connectivity index (χ1v) is 9.09. The predicted molar refractivity (Wildman–Crippen MR) is 105 cm³/mol. The van der Waals surface area contributed by atoms with Gasteiger partial charge in [0.2, 0.25) is 5.91 Å². The van der Waals surface area contributed by atoms with Crippen LogP contribution in [0, 0.1) is 11.3 Å². The van der Waals surface area contributed by atoms with E-state index in [0.29, 0.717) is 11.3 Å². The Balaban J connectivity index is 1.59. The van der Waals surface area contributed by atoms with Crippen LogP contribution in [-0.4, -0.2) is 25.0 Å². The van der Waals surface area contributed by atoms with Crippen molar-refractivity contribution in [2.24, 2.45) is 0 Å². The number of nitrogens with one attached hydrogen (secondary N) is 2. The lowest BCUT2D eigenvalue weighted by Crippen LogP contribution is -2.32. The molecule has 0 saturated carbocycles. The molecule has 2 aromatic rings. The fourth-order valence-electron chi connectivity index (χ4n) is 3.17. The summed E-state index contributed by atoms with van der Waals surface area (Å²) >= 11 is 0. The third-order valence-electron chi connectivity index (χ3n) is 4.67. The van der Waals surface area contributed by atoms with Gasteiger partial charge in [-0.1, -0.05) is 12.1 Å². The van der Waals surface area contributed by atoms with E-state index in [-0.39, 0.29) is 5.91 Å². The van der Waals surface area contributed by atoms with E-state index in [1.807, 2.05) is 19.1 Å². The van der Waals surface area contributed by atoms with Crippen LogP contribution < -0.4 is 15.5 Å². The van der Waals surface area contributed by atoms with Gasteiger partial charge in [-0.25, -0.2) is 0 Å². The molecule has 1 aliphatic rings. The van der Waals surface area contributed by atoms with Gasteiger partial charge in [0.15, 0.2) is 0 Å². The van der Waals surface area contributed by atoms with Crippen LogP contribution in [-0.2, 0) is 4.79 Å². The van der Waals surface area contributed by atoms with Gasteiger partial charge in [0.25, 0.3) is 0 Å². The van der Waals surface area contributed by atoms with E-state index in [2.05, 4.69) is 33.7 Å². The molecule has 0 unspecified atom stereocenters. The van der Waals surface area contributed by atoms with Crippen LogP contribution in [0.15, 0.2) is 48.5 Å². The molecule has 5 heteroatoms. The molecule has 2 N–H and O–H groups in total. The van der Waals surface area contributed by atoms with Crippen molar-refractivity contribution in [3.05, 3.63) is 54.1 Å². The number of benzene rings is 2. The van der Waals surface area contributed by atoms with Gasteiger partial charge in [0, 0.05) is 24.5 Å². The van der Waals surface area contributed by atoms with E-state index in [1.54, 1.807) is 24.3 Å². The summed E-state index contributed by atoms with van der Waals surface area (Å²) < 4.78 is 0. The molecule has 134 valence electrons. The molecule has 0 spiro atoms. The number of para-hydroxylation sites is 1. The van der Waals surface area contributed by atoms with Crippen molar-refractivity contribution < 1.29 is 4.79 Å². The summed E-state index contributed by atoms with van der Waals surface area (Å²) in [5, 5.41) is 15.1. The average Bonchev–Trinajstić information content (AvgIpc) is 2.69. The fraction of sp³-hybridized carbons (Fsp3) is 0.333. The topological polar surface area (TPSA) is 68.2 Å². The Morgan fingerprint density at radius 3 is 2.46 bits per heavy atom. The zero-order valence-corrected chi connectivity index (χ0v) is 15.0. The first-order valence-electron chi connectivity index (χ1n) is 9.09. The van der Waals surface area contributed by atoms with Gasteiger partial charge in [0.05, 0.1) is 11.3 Å². The SMILES string of the molecule is C[C@@H](Nc1ccc(N2CCCCC2)cc1)C(=O)Nc1ccccc1C#N. The zero-order chi connectivity index (χ0) is 18.4. The third-order valence-corrected chi connectivity index (χ3v) is 4.67. The number of carbonyl (C=O) groups excluding carboxylic acids is 1. The molecule has 1 aliphatic heterocycles. The molecule has 1 atom stereocenters. The standard InChI is InChI=1S/C21H24N4O/c1-16(21(26)24-20-8-4-3-7-17(20)15-22)23-18-9-11-19(12-10-18)25-13-5-2-6-14-25/h3-4,7-12,16,23H,2,5-6,13-14H2,1H3,(H,24,26)/t16-/m1/s1. The van der Waals surface area contributed by atoms with Gasteiger partial charge in [-0.2, -0.15) is 5.26 Å². The fourth-order valence-corrected chi connectivity index (χ4v) is 3.17. The van der Waals surface area contributed by atoms with Crippen LogP contribution in [0.1, 0.15) is 31.7 Å². The minimum Gasteiger partial charge on any atom is -0.374 e. The highest BCUT2D eigenvalue weighted by Gasteiger charge is 2.15. The molecular formula is C21H24N4O. The molecule has 5 nitrogen and oxygen atoms in total. The molecule has 1 saturated heterocycles. The highest BCUT2D eigenvalue weighted by molar-refractivity contribution is 5.97. The lowest BCUT2D eigenvalue weighted by Gasteiger charge is -2.29. The molecule has 1 heterocycles. The normalized spacial score (nSPS) is 15.0. The molecule has 0 aromatic heterocycles. The first kappa shape index (κ1) is 17.8. The summed E-state index contributed by atoms with van der Waals surface area (Å²) in [4.78, 5) is 14.8. The highest BCUT2D eigenvalue weighted by atomic mass is 16.2. The lowest BCUT2D eigenvalue weighted by atomic mass is 10.1. The van der Waals surface area contributed by atoms with E-state index in [9.17, 15) is 4.79 Å². The van der Waals surface area contributed by atoms with Crippen molar-refractivity contribution in [2.75, 3.05) is 28.6 Å². The van der Waals surface area contributed by atoms with Gasteiger partial charge in [-0.3, -0.25) is 4.79 Å². The van der Waals surface area contributed by atoms with Gasteiger partial charge in [-0.15, -0.1) is 0 Å². The number of hydrogen-bond donors (Lipinski definition) is 2. The number of piperidine rings is 1. The second kappa shape index (κ2) is 8.39. The summed E-state index contributed by atoms with van der Waals surface area (Å²) in [5.41, 5.74) is 3.13. The van der Waals surface area contributed by atoms with E-state index < -0.39 is 6.04 Å². The van der Waals surface area contributed by atoms with Crippen molar-refractivity contribution in [3.63, 3.8) is 0 Å². The first-order chi connectivity index (χ1) is 12.7. The van der Waals surface area contributed by atoms with Crippen LogP contribution >= 0.6 is 0 Å². The summed E-state index contributed by atoms with van der Waals surface area (Å²) in [5.74, 6) is -0.173. The van der Waals surface area contributed by atoms with E-state index in [0.717, 1.165) is 18.8 Å². The summed E-state index contributed by atoms with van der Waals surface area (Å²) in [6, 6.07) is 16.9. The van der Waals surface area contributed by atoms with Crippen molar-refractivity contribution in [2.45, 2.75) is 32.2 Å². The highest BCUT2D eigenvalue weighted by Crippen LogP contribution is 2.22. The van der Waals surface area contributed by atoms with E-state index in [1.165, 1.54) is 24.9 Å². The van der Waals surface area contributed by atoms with Gasteiger partial charge < -0.3 is 15.5 Å². The number of anilines is 3. The van der Waals surface area contributed by atoms with Crippen LogP contribution in [0.3, 0.4) is 0 Å². The molecule has 26 heavy (non-hydrogen) atoms. The molecule has 3 rings (SSSR count). The molecule has 0 aliphatic carbocycles. The second-order valence-corrected chi connectivity index (χ2v) is 6.61. The number of carbonyl (C=O) groups is 1. The van der Waals surface area contributed by atoms with Gasteiger partial charge >= 0.3 is 0 Å². The number of nitrogens with zero attached hydrogens (tertiary/aromatic N) is 2. The van der Waals surface area contributed by atoms with Crippen molar-refractivity contribution in [1.82, 2.24) is 0 Å². The summed E-state index contributed by atoms with van der Waals surface area (Å²) in [6.07, 6.45) is 3.82. The number of hydrogen-bond acceptors (Lipinski definition) is 4. The van der Waals surface area contributed by atoms with Crippen LogP contribution in [0.2, 0.25) is 0 Å². The van der Waals surface area contributed by atoms with Crippen LogP contribution in [0.4, 0.5) is 17.1 Å². The molecule has 1 amide bonds. The molecule has 2 aromatic carbocycles. The maximum atomic E-state index is 12.4. The minimum atomic E-state index is -0.414. The van der Waals surface area contributed by atoms with Crippen molar-refractivity contribution >= 4 is 23.0 Å². The lowest BCUT2D eigenvalue weighted by molar-refractivity contribution is -0.116. The van der Waals surface area contributed by atoms with Crippen LogP contribution in [0.5, 0.6) is 0 Å². The Bertz CT molecular complexity index is 788. The van der Waals surface area contributed by atoms with Crippen molar-refractivity contribution in [1.29, 1.82) is 5.26 Å². The monoisotopic (exact) mass is 348 g/mol. The largest absolute Gasteiger partial charge is 0.374 e. The quantitative estimate of drug-likeness (QED) is 0.857. The minimum absolute atomic E-state index is 0.173. The zero-order valence-electron chi connectivity index (χ0n) is 15.0. The second-order valence-electron chi connectivity index (χ2n) is 6.61. The Labute approximate surface area is 154 Å². The smallest absolute Gasteiger partial charge is 0.246 e. The Morgan fingerprint density at radius 2 is 1.77 bits per heavy atom. The number of nitriles is 1. The average molecular weight is 348 g/mol. The van der Waals surface area contributed by atoms with Crippen LogP contribution in [0.25, 0.3) is 0 Å². The van der Waals surface area contributed by atoms with E-state index >= 15 is 0 Å². The Morgan fingerprint density at radius 1 is 1.08 bits per heavy atom. The number of rotatable bonds is 5. The Hall–Kier alpha value is -3.00. The maximum absolute atomic E-state index is 12.4. The molecule has 0 radical (unpaired) electrons. The summed E-state index contributed by atoms with van der Waals surface area (Å²) in [7, 11) is 0. The predicted octanol–water partition coefficient (Wildman–Crippen LogP) is 3.99. The van der Waals surface area contributed by atoms with Gasteiger partial charge in [-0.05, 0) is 62.6 Å². The summed E-state index contributed by atoms with van der Waals surface area (Å²) in [6.45, 7) is 4.04. The third kappa shape index (κ3) is 4.34. The van der Waals surface area contributed by atoms with Crippen molar-refractivity contribution in [3.8, 4) is 6.07 Å². The maximum Gasteiger partial charge on any atom is 0.246 e. The molecule has 1 fully saturated rings. The van der Waals surface area contributed by atoms with Gasteiger partial charge in [0.1, 0.15) is 12.1 Å². The number of amides is 1. The Kier molecular flexibility index (Phi) is 5.75. The molecule has 0 bridgehead atoms.